The van der Waals surface area contributed by atoms with E-state index < -0.39 is 30.0 Å². The number of carbonyl (C=O) groups is 3. The first-order valence-electron chi connectivity index (χ1n) is 9.41. The van der Waals surface area contributed by atoms with Crippen LogP contribution >= 0.6 is 0 Å². The minimum Gasteiger partial charge on any atom is -0.479 e. The van der Waals surface area contributed by atoms with Crippen molar-refractivity contribution in [3.05, 3.63) is 89.6 Å². The molecule has 0 radical (unpaired) electrons. The molecule has 1 heterocycles. The Labute approximate surface area is 177 Å². The fourth-order valence-corrected chi connectivity index (χ4v) is 3.11. The van der Waals surface area contributed by atoms with Gasteiger partial charge in [0.1, 0.15) is 0 Å². The second-order valence-electron chi connectivity index (χ2n) is 6.84. The number of nitrogens with zero attached hydrogens (tertiary/aromatic N) is 1. The van der Waals surface area contributed by atoms with Gasteiger partial charge in [0.05, 0.1) is 22.9 Å². The van der Waals surface area contributed by atoms with E-state index >= 15 is 0 Å². The summed E-state index contributed by atoms with van der Waals surface area (Å²) in [4.78, 5) is 39.5. The minimum absolute atomic E-state index is 0.0831. The van der Waals surface area contributed by atoms with Crippen LogP contribution in [0.4, 0.5) is 0 Å². The van der Waals surface area contributed by atoms with Gasteiger partial charge in [-0.05, 0) is 30.2 Å². The summed E-state index contributed by atoms with van der Waals surface area (Å²) >= 11 is 0. The molecule has 0 fully saturated rings. The van der Waals surface area contributed by atoms with E-state index in [2.05, 4.69) is 10.3 Å². The van der Waals surface area contributed by atoms with Crippen molar-refractivity contribution in [1.29, 1.82) is 0 Å². The van der Waals surface area contributed by atoms with E-state index in [1.807, 2.05) is 0 Å². The number of aliphatic hydroxyl groups is 1. The molecule has 3 aromatic rings. The number of benzene rings is 2. The van der Waals surface area contributed by atoms with E-state index in [9.17, 15) is 29.7 Å². The molecular formula is C23H20N2O6. The first-order valence-corrected chi connectivity index (χ1v) is 9.41. The molecule has 8 nitrogen and oxygen atoms in total. The highest BCUT2D eigenvalue weighted by Gasteiger charge is 2.28. The first-order chi connectivity index (χ1) is 14.9. The van der Waals surface area contributed by atoms with E-state index in [4.69, 9.17) is 0 Å². The van der Waals surface area contributed by atoms with Crippen LogP contribution in [0.3, 0.4) is 0 Å². The van der Waals surface area contributed by atoms with Crippen molar-refractivity contribution in [3.63, 3.8) is 0 Å². The highest BCUT2D eigenvalue weighted by molar-refractivity contribution is 5.97. The number of carboxylic acids is 2. The molecule has 4 N–H and O–H groups in total. The number of aliphatic hydroxyl groups excluding tert-OH is 1. The predicted octanol–water partition coefficient (Wildman–Crippen LogP) is 2.23. The van der Waals surface area contributed by atoms with Crippen LogP contribution in [0.1, 0.15) is 26.3 Å². The number of aromatic nitrogens is 1. The second-order valence-corrected chi connectivity index (χ2v) is 6.84. The van der Waals surface area contributed by atoms with Crippen LogP contribution in [0.2, 0.25) is 0 Å². The monoisotopic (exact) mass is 420 g/mol. The summed E-state index contributed by atoms with van der Waals surface area (Å²) in [5.74, 6) is -3.14. The van der Waals surface area contributed by atoms with Crippen LogP contribution < -0.4 is 5.32 Å². The Morgan fingerprint density at radius 2 is 1.58 bits per heavy atom. The van der Waals surface area contributed by atoms with Gasteiger partial charge < -0.3 is 20.6 Å². The topological polar surface area (TPSA) is 137 Å². The third-order valence-corrected chi connectivity index (χ3v) is 4.71. The third kappa shape index (κ3) is 5.31. The van der Waals surface area contributed by atoms with Crippen LogP contribution in [0.25, 0.3) is 11.3 Å². The number of rotatable bonds is 8. The minimum atomic E-state index is -1.79. The Hall–Kier alpha value is -4.04. The number of aliphatic carboxylic acids is 1. The molecule has 2 aromatic carbocycles. The van der Waals surface area contributed by atoms with Crippen molar-refractivity contribution in [2.24, 2.45) is 0 Å². The van der Waals surface area contributed by atoms with Crippen LogP contribution in [-0.4, -0.2) is 50.3 Å². The Balaban J connectivity index is 1.79. The summed E-state index contributed by atoms with van der Waals surface area (Å²) in [6, 6.07) is 17.2. The number of aromatic carboxylic acids is 1. The highest BCUT2D eigenvalue weighted by atomic mass is 16.4. The van der Waals surface area contributed by atoms with Crippen molar-refractivity contribution < 1.29 is 29.7 Å². The largest absolute Gasteiger partial charge is 0.479 e. The number of hydrogen-bond acceptors (Lipinski definition) is 5. The number of hydrogen-bond donors (Lipinski definition) is 4. The predicted molar refractivity (Wildman–Crippen MR) is 112 cm³/mol. The number of carbonyl (C=O) groups excluding carboxylic acids is 1. The maximum atomic E-state index is 12.6. The van der Waals surface area contributed by atoms with Gasteiger partial charge in [-0.3, -0.25) is 9.78 Å². The summed E-state index contributed by atoms with van der Waals surface area (Å²) < 4.78 is 0. The average Bonchev–Trinajstić information content (AvgIpc) is 2.78. The van der Waals surface area contributed by atoms with Crippen molar-refractivity contribution in [2.75, 3.05) is 0 Å². The van der Waals surface area contributed by atoms with Gasteiger partial charge in [-0.1, -0.05) is 48.5 Å². The van der Waals surface area contributed by atoms with Crippen LogP contribution in [0, 0.1) is 0 Å². The Morgan fingerprint density at radius 1 is 0.903 bits per heavy atom. The summed E-state index contributed by atoms with van der Waals surface area (Å²) in [7, 11) is 0. The van der Waals surface area contributed by atoms with Crippen molar-refractivity contribution >= 4 is 17.8 Å². The number of amides is 1. The van der Waals surface area contributed by atoms with E-state index in [0.717, 1.165) is 5.56 Å². The van der Waals surface area contributed by atoms with Crippen molar-refractivity contribution in [3.8, 4) is 11.3 Å². The molecule has 2 atom stereocenters. The lowest BCUT2D eigenvalue weighted by molar-refractivity contribution is -0.148. The molecule has 0 aliphatic carbocycles. The summed E-state index contributed by atoms with van der Waals surface area (Å²) in [5, 5.41) is 31.1. The number of carboxylic acid groups (broad SMARTS) is 2. The van der Waals surface area contributed by atoms with Gasteiger partial charge in [-0.15, -0.1) is 0 Å². The lowest BCUT2D eigenvalue weighted by atomic mass is 10.0. The maximum Gasteiger partial charge on any atom is 0.336 e. The standard InChI is InChI=1S/C23H20N2O6/c26-20(23(30)31)19(12-14-6-2-1-3-7-14)25-21(27)15-10-11-18(24-13-15)16-8-4-5-9-17(16)22(28)29/h1-11,13,19-20,26H,12H2,(H,25,27)(H,28,29)(H,30,31)/t19-,20-/m1/s1. The number of pyridine rings is 1. The van der Waals surface area contributed by atoms with E-state index in [1.54, 1.807) is 48.5 Å². The molecule has 31 heavy (non-hydrogen) atoms. The van der Waals surface area contributed by atoms with Gasteiger partial charge in [0.2, 0.25) is 0 Å². The van der Waals surface area contributed by atoms with Crippen LogP contribution in [0.15, 0.2) is 72.9 Å². The van der Waals surface area contributed by atoms with Gasteiger partial charge in [0.25, 0.3) is 5.91 Å². The molecule has 1 aromatic heterocycles. The normalized spacial score (nSPS) is 12.5. The molecule has 158 valence electrons. The lowest BCUT2D eigenvalue weighted by Gasteiger charge is -2.21. The fourth-order valence-electron chi connectivity index (χ4n) is 3.11. The van der Waals surface area contributed by atoms with Crippen LogP contribution in [-0.2, 0) is 11.2 Å². The fraction of sp³-hybridized carbons (Fsp3) is 0.130. The first kappa shape index (κ1) is 21.7. The Kier molecular flexibility index (Phi) is 6.74. The molecule has 8 heteroatoms. The van der Waals surface area contributed by atoms with Gasteiger partial charge >= 0.3 is 11.9 Å². The molecule has 0 unspecified atom stereocenters. The zero-order valence-corrected chi connectivity index (χ0v) is 16.3. The summed E-state index contributed by atoms with van der Waals surface area (Å²) in [6.07, 6.45) is -0.396. The quantitative estimate of drug-likeness (QED) is 0.439. The second kappa shape index (κ2) is 9.64. The van der Waals surface area contributed by atoms with Crippen molar-refractivity contribution in [2.45, 2.75) is 18.6 Å². The van der Waals surface area contributed by atoms with Gasteiger partial charge in [0, 0.05) is 11.8 Å². The molecule has 0 saturated carbocycles. The highest BCUT2D eigenvalue weighted by Crippen LogP contribution is 2.22. The average molecular weight is 420 g/mol. The molecule has 0 bridgehead atoms. The van der Waals surface area contributed by atoms with Gasteiger partial charge in [-0.2, -0.15) is 0 Å². The Bertz CT molecular complexity index is 1080. The van der Waals surface area contributed by atoms with E-state index in [-0.39, 0.29) is 17.5 Å². The third-order valence-electron chi connectivity index (χ3n) is 4.71. The molecule has 1 amide bonds. The zero-order chi connectivity index (χ0) is 22.4. The summed E-state index contributed by atoms with van der Waals surface area (Å²) in [6.45, 7) is 0. The van der Waals surface area contributed by atoms with Gasteiger partial charge in [0.15, 0.2) is 6.10 Å². The smallest absolute Gasteiger partial charge is 0.336 e. The SMILES string of the molecule is O=C(N[C@H](Cc1ccccc1)[C@@H](O)C(=O)O)c1ccc(-c2ccccc2C(=O)O)nc1. The van der Waals surface area contributed by atoms with E-state index in [1.165, 1.54) is 24.4 Å². The lowest BCUT2D eigenvalue weighted by Crippen LogP contribution is -2.48. The molecule has 0 aliphatic rings. The summed E-state index contributed by atoms with van der Waals surface area (Å²) in [5.41, 5.74) is 1.77. The van der Waals surface area contributed by atoms with Crippen LogP contribution in [0.5, 0.6) is 0 Å². The zero-order valence-electron chi connectivity index (χ0n) is 16.3. The van der Waals surface area contributed by atoms with Crippen molar-refractivity contribution in [1.82, 2.24) is 10.3 Å². The molecule has 3 rings (SSSR count). The molecule has 0 saturated heterocycles. The van der Waals surface area contributed by atoms with E-state index in [0.29, 0.717) is 11.3 Å². The molecule has 0 spiro atoms. The molecular weight excluding hydrogens is 400 g/mol. The Morgan fingerprint density at radius 3 is 2.19 bits per heavy atom. The van der Waals surface area contributed by atoms with Gasteiger partial charge in [-0.25, -0.2) is 9.59 Å². The maximum absolute atomic E-state index is 12.6. The molecule has 0 aliphatic heterocycles. The number of nitrogens with one attached hydrogen (secondary N) is 1.